The first-order chi connectivity index (χ1) is 17.3. The molecule has 1 aliphatic carbocycles. The van der Waals surface area contributed by atoms with Crippen LogP contribution in [-0.4, -0.2) is 61.6 Å². The number of rotatable bonds is 7. The standard InChI is InChI=1S/C28H36F3N3O2/c1-3-32-26(35)27(24-15-9-10-16-25(24)36-2,22-13-7-8-14-23(22)28(29,30)31)34-19-17-33(18-20-34)21-11-5-4-6-12-21/h7-10,13-16,21H,3-6,11-12,17-20H2,1-2H3,(H,32,35). The number of hydrogen-bond donors (Lipinski definition) is 1. The SMILES string of the molecule is CCNC(=O)C(c1ccccc1OC)(c1ccccc1C(F)(F)F)N1CCN(C2CCCCC2)CC1. The number of alkyl halides is 3. The van der Waals surface area contributed by atoms with E-state index < -0.39 is 23.2 Å². The molecule has 0 radical (unpaired) electrons. The summed E-state index contributed by atoms with van der Waals surface area (Å²) in [5.74, 6) is -0.0900. The second-order valence-corrected chi connectivity index (χ2v) is 9.63. The Hall–Kier alpha value is -2.58. The third-order valence-corrected chi connectivity index (χ3v) is 7.66. The lowest BCUT2D eigenvalue weighted by atomic mass is 9.76. The first kappa shape index (κ1) is 26.5. The van der Waals surface area contributed by atoms with Crippen molar-refractivity contribution in [2.45, 2.75) is 56.8 Å². The molecule has 1 saturated heterocycles. The fraction of sp³-hybridized carbons (Fsp3) is 0.536. The summed E-state index contributed by atoms with van der Waals surface area (Å²) in [5, 5.41) is 2.87. The molecule has 8 heteroatoms. The zero-order valence-electron chi connectivity index (χ0n) is 21.1. The zero-order chi connectivity index (χ0) is 25.8. The molecule has 5 nitrogen and oxygen atoms in total. The third-order valence-electron chi connectivity index (χ3n) is 7.66. The summed E-state index contributed by atoms with van der Waals surface area (Å²) in [6.07, 6.45) is 1.39. The summed E-state index contributed by atoms with van der Waals surface area (Å²) in [6, 6.07) is 12.9. The Morgan fingerprint density at radius 2 is 1.50 bits per heavy atom. The lowest BCUT2D eigenvalue weighted by Crippen LogP contribution is -2.63. The first-order valence-electron chi connectivity index (χ1n) is 12.9. The van der Waals surface area contributed by atoms with E-state index in [1.807, 2.05) is 4.90 Å². The summed E-state index contributed by atoms with van der Waals surface area (Å²) in [5.41, 5.74) is -2.16. The maximum absolute atomic E-state index is 14.4. The summed E-state index contributed by atoms with van der Waals surface area (Å²) >= 11 is 0. The van der Waals surface area contributed by atoms with Crippen molar-refractivity contribution in [2.75, 3.05) is 39.8 Å². The van der Waals surface area contributed by atoms with E-state index in [4.69, 9.17) is 4.74 Å². The molecule has 2 aromatic carbocycles. The molecule has 2 fully saturated rings. The molecule has 0 spiro atoms. The zero-order valence-corrected chi connectivity index (χ0v) is 21.1. The van der Waals surface area contributed by atoms with Gasteiger partial charge in [-0.25, -0.2) is 0 Å². The number of carbonyl (C=O) groups is 1. The fourth-order valence-corrected chi connectivity index (χ4v) is 6.02. The third kappa shape index (κ3) is 4.98. The van der Waals surface area contributed by atoms with Gasteiger partial charge in [-0.05, 0) is 37.5 Å². The molecule has 1 heterocycles. The van der Waals surface area contributed by atoms with E-state index in [9.17, 15) is 18.0 Å². The maximum atomic E-state index is 14.4. The van der Waals surface area contributed by atoms with Gasteiger partial charge in [0.05, 0.1) is 12.7 Å². The van der Waals surface area contributed by atoms with Gasteiger partial charge in [-0.15, -0.1) is 0 Å². The van der Waals surface area contributed by atoms with Gasteiger partial charge in [-0.2, -0.15) is 13.2 Å². The molecule has 1 aliphatic heterocycles. The van der Waals surface area contributed by atoms with Crippen molar-refractivity contribution in [3.8, 4) is 5.75 Å². The molecule has 1 N–H and O–H groups in total. The lowest BCUT2D eigenvalue weighted by molar-refractivity contribution is -0.142. The molecule has 1 amide bonds. The largest absolute Gasteiger partial charge is 0.496 e. The molecule has 36 heavy (non-hydrogen) atoms. The van der Waals surface area contributed by atoms with Crippen molar-refractivity contribution >= 4 is 5.91 Å². The summed E-state index contributed by atoms with van der Waals surface area (Å²) in [4.78, 5) is 18.5. The van der Waals surface area contributed by atoms with Crippen LogP contribution in [0.2, 0.25) is 0 Å². The summed E-state index contributed by atoms with van der Waals surface area (Å²) < 4.78 is 48.9. The number of nitrogens with one attached hydrogen (secondary N) is 1. The minimum atomic E-state index is -4.62. The summed E-state index contributed by atoms with van der Waals surface area (Å²) in [7, 11) is 1.48. The predicted octanol–water partition coefficient (Wildman–Crippen LogP) is 5.04. The molecule has 1 saturated carbocycles. The highest BCUT2D eigenvalue weighted by Crippen LogP contribution is 2.46. The van der Waals surface area contributed by atoms with Gasteiger partial charge in [0, 0.05) is 44.3 Å². The number of carbonyl (C=O) groups excluding carboxylic acids is 1. The van der Waals surface area contributed by atoms with Gasteiger partial charge >= 0.3 is 6.18 Å². The van der Waals surface area contributed by atoms with E-state index in [1.165, 1.54) is 38.5 Å². The van der Waals surface area contributed by atoms with Crippen LogP contribution < -0.4 is 10.1 Å². The first-order valence-corrected chi connectivity index (χ1v) is 12.9. The van der Waals surface area contributed by atoms with Gasteiger partial charge < -0.3 is 10.1 Å². The normalized spacial score (nSPS) is 20.0. The predicted molar refractivity (Wildman–Crippen MR) is 134 cm³/mol. The number of piperazine rings is 1. The van der Waals surface area contributed by atoms with Crippen LogP contribution >= 0.6 is 0 Å². The number of methoxy groups -OCH3 is 1. The van der Waals surface area contributed by atoms with Crippen LogP contribution in [0.4, 0.5) is 13.2 Å². The van der Waals surface area contributed by atoms with E-state index in [1.54, 1.807) is 37.3 Å². The lowest BCUT2D eigenvalue weighted by Gasteiger charge is -2.49. The topological polar surface area (TPSA) is 44.8 Å². The molecule has 0 bridgehead atoms. The summed E-state index contributed by atoms with van der Waals surface area (Å²) in [6.45, 7) is 4.42. The van der Waals surface area contributed by atoms with E-state index in [-0.39, 0.29) is 5.56 Å². The average molecular weight is 504 g/mol. The molecule has 2 aromatic rings. The highest BCUT2D eigenvalue weighted by molar-refractivity contribution is 5.93. The minimum Gasteiger partial charge on any atom is -0.496 e. The van der Waals surface area contributed by atoms with E-state index in [0.29, 0.717) is 50.1 Å². The highest BCUT2D eigenvalue weighted by atomic mass is 19.4. The Kier molecular flexibility index (Phi) is 8.25. The van der Waals surface area contributed by atoms with Crippen molar-refractivity contribution in [1.29, 1.82) is 0 Å². The molecule has 196 valence electrons. The molecule has 2 aliphatic rings. The van der Waals surface area contributed by atoms with Gasteiger partial charge in [-0.1, -0.05) is 55.7 Å². The molecule has 0 aromatic heterocycles. The molecular formula is C28H36F3N3O2. The van der Waals surface area contributed by atoms with Crippen molar-refractivity contribution in [3.63, 3.8) is 0 Å². The van der Waals surface area contributed by atoms with Crippen LogP contribution in [0.15, 0.2) is 48.5 Å². The van der Waals surface area contributed by atoms with Crippen LogP contribution in [0.25, 0.3) is 0 Å². The van der Waals surface area contributed by atoms with Crippen molar-refractivity contribution < 1.29 is 22.7 Å². The van der Waals surface area contributed by atoms with Crippen LogP contribution in [0, 0.1) is 0 Å². The Morgan fingerprint density at radius 1 is 0.917 bits per heavy atom. The van der Waals surface area contributed by atoms with E-state index in [0.717, 1.165) is 18.9 Å². The second-order valence-electron chi connectivity index (χ2n) is 9.63. The van der Waals surface area contributed by atoms with Crippen molar-refractivity contribution in [1.82, 2.24) is 15.1 Å². The Bertz CT molecular complexity index is 1030. The van der Waals surface area contributed by atoms with Crippen molar-refractivity contribution in [2.24, 2.45) is 0 Å². The van der Waals surface area contributed by atoms with Crippen LogP contribution in [0.1, 0.15) is 55.7 Å². The van der Waals surface area contributed by atoms with Crippen molar-refractivity contribution in [3.05, 3.63) is 65.2 Å². The number of likely N-dealkylation sites (N-methyl/N-ethyl adjacent to an activating group) is 1. The fourth-order valence-electron chi connectivity index (χ4n) is 6.02. The Balaban J connectivity index is 1.88. The Labute approximate surface area is 211 Å². The van der Waals surface area contributed by atoms with Gasteiger partial charge in [0.15, 0.2) is 5.54 Å². The van der Waals surface area contributed by atoms with E-state index in [2.05, 4.69) is 10.2 Å². The quantitative estimate of drug-likeness (QED) is 0.575. The van der Waals surface area contributed by atoms with Gasteiger partial charge in [0.1, 0.15) is 5.75 Å². The number of para-hydroxylation sites is 1. The van der Waals surface area contributed by atoms with Crippen LogP contribution in [0.3, 0.4) is 0 Å². The van der Waals surface area contributed by atoms with Gasteiger partial charge in [0.2, 0.25) is 5.91 Å². The number of ether oxygens (including phenoxy) is 1. The number of halogens is 3. The minimum absolute atomic E-state index is 0.0703. The molecule has 1 atom stereocenters. The number of nitrogens with zero attached hydrogens (tertiary/aromatic N) is 2. The molecule has 4 rings (SSSR count). The second kappa shape index (κ2) is 11.2. The molecule has 1 unspecified atom stereocenters. The Morgan fingerprint density at radius 3 is 2.08 bits per heavy atom. The number of amides is 1. The van der Waals surface area contributed by atoms with E-state index >= 15 is 0 Å². The average Bonchev–Trinajstić information content (AvgIpc) is 2.90. The number of benzene rings is 2. The number of hydrogen-bond acceptors (Lipinski definition) is 4. The maximum Gasteiger partial charge on any atom is 0.416 e. The molecular weight excluding hydrogens is 467 g/mol. The van der Waals surface area contributed by atoms with Gasteiger partial charge in [0.25, 0.3) is 0 Å². The van der Waals surface area contributed by atoms with Gasteiger partial charge in [-0.3, -0.25) is 14.6 Å². The van der Waals surface area contributed by atoms with Crippen LogP contribution in [0.5, 0.6) is 5.75 Å². The highest BCUT2D eigenvalue weighted by Gasteiger charge is 2.53. The monoisotopic (exact) mass is 503 g/mol. The smallest absolute Gasteiger partial charge is 0.416 e. The van der Waals surface area contributed by atoms with Crippen LogP contribution in [-0.2, 0) is 16.5 Å².